The molecule has 114 valence electrons. The third-order valence-corrected chi connectivity index (χ3v) is 3.51. The monoisotopic (exact) mass is 291 g/mol. The van der Waals surface area contributed by atoms with E-state index in [1.165, 1.54) is 12.1 Å². The topological polar surface area (TPSA) is 48.4 Å². The molecule has 2 N–H and O–H groups in total. The number of nitrogens with zero attached hydrogens (tertiary/aromatic N) is 2. The predicted molar refractivity (Wildman–Crippen MR) is 84.1 cm³/mol. The van der Waals surface area contributed by atoms with Gasteiger partial charge in [0.1, 0.15) is 5.82 Å². The van der Waals surface area contributed by atoms with Crippen molar-refractivity contribution in [1.29, 1.82) is 0 Å². The Morgan fingerprint density at radius 3 is 2.81 bits per heavy atom. The highest BCUT2D eigenvalue weighted by Crippen LogP contribution is 2.23. The minimum Gasteiger partial charge on any atom is -0.395 e. The molecule has 0 aliphatic rings. The first-order valence-corrected chi connectivity index (χ1v) is 7.28. The fraction of sp³-hybridized carbons (Fsp3) is 0.438. The van der Waals surface area contributed by atoms with E-state index in [0.29, 0.717) is 6.54 Å². The van der Waals surface area contributed by atoms with Gasteiger partial charge in [-0.2, -0.15) is 0 Å². The van der Waals surface area contributed by atoms with E-state index in [1.807, 2.05) is 13.0 Å². The fourth-order valence-corrected chi connectivity index (χ4v) is 2.39. The summed E-state index contributed by atoms with van der Waals surface area (Å²) in [5.41, 5.74) is 2.60. The average Bonchev–Trinajstić information content (AvgIpc) is 2.46. The van der Waals surface area contributed by atoms with Crippen molar-refractivity contribution >= 4 is 16.6 Å². The van der Waals surface area contributed by atoms with E-state index >= 15 is 0 Å². The van der Waals surface area contributed by atoms with Crippen LogP contribution in [0.15, 0.2) is 24.3 Å². The molecule has 1 heterocycles. The molecule has 1 aromatic heterocycles. The lowest BCUT2D eigenvalue weighted by Gasteiger charge is -2.20. The number of aromatic nitrogens is 1. The molecule has 5 heteroatoms. The molecule has 1 aromatic carbocycles. The molecule has 0 saturated heterocycles. The first-order valence-electron chi connectivity index (χ1n) is 7.28. The highest BCUT2D eigenvalue weighted by atomic mass is 19.1. The Bertz CT molecular complexity index is 603. The van der Waals surface area contributed by atoms with Crippen LogP contribution in [0.5, 0.6) is 0 Å². The van der Waals surface area contributed by atoms with Gasteiger partial charge in [0.05, 0.1) is 12.1 Å². The van der Waals surface area contributed by atoms with Crippen LogP contribution in [0, 0.1) is 12.7 Å². The van der Waals surface area contributed by atoms with Crippen molar-refractivity contribution in [2.24, 2.45) is 0 Å². The van der Waals surface area contributed by atoms with Crippen molar-refractivity contribution in [3.63, 3.8) is 0 Å². The Hall–Kier alpha value is -1.72. The number of hydrogen-bond donors (Lipinski definition) is 2. The Morgan fingerprint density at radius 1 is 1.29 bits per heavy atom. The molecule has 2 rings (SSSR count). The first-order chi connectivity index (χ1) is 10.1. The highest BCUT2D eigenvalue weighted by molar-refractivity contribution is 5.91. The number of benzene rings is 1. The third kappa shape index (κ3) is 4.12. The van der Waals surface area contributed by atoms with E-state index in [2.05, 4.69) is 22.1 Å². The second kappa shape index (κ2) is 7.33. The van der Waals surface area contributed by atoms with Crippen molar-refractivity contribution < 1.29 is 9.50 Å². The molecule has 0 amide bonds. The third-order valence-electron chi connectivity index (χ3n) is 3.51. The highest BCUT2D eigenvalue weighted by Gasteiger charge is 2.06. The van der Waals surface area contributed by atoms with Gasteiger partial charge in [-0.25, -0.2) is 4.39 Å². The summed E-state index contributed by atoms with van der Waals surface area (Å²) in [6, 6.07) is 6.57. The Morgan fingerprint density at radius 2 is 2.10 bits per heavy atom. The lowest BCUT2D eigenvalue weighted by molar-refractivity contribution is 0.206. The normalized spacial score (nSPS) is 11.3. The van der Waals surface area contributed by atoms with Gasteiger partial charge in [-0.15, -0.1) is 0 Å². The number of hydrogen-bond acceptors (Lipinski definition) is 4. The zero-order chi connectivity index (χ0) is 15.2. The van der Waals surface area contributed by atoms with Crippen LogP contribution in [0.3, 0.4) is 0 Å². The van der Waals surface area contributed by atoms with Gasteiger partial charge in [0.2, 0.25) is 0 Å². The van der Waals surface area contributed by atoms with Crippen LogP contribution in [0.2, 0.25) is 0 Å². The van der Waals surface area contributed by atoms with Crippen LogP contribution in [0.25, 0.3) is 10.9 Å². The number of halogens is 1. The van der Waals surface area contributed by atoms with Gasteiger partial charge < -0.3 is 10.4 Å². The number of nitrogens with one attached hydrogen (secondary N) is 1. The molecule has 0 atom stereocenters. The van der Waals surface area contributed by atoms with Crippen molar-refractivity contribution in [1.82, 2.24) is 9.88 Å². The quantitative estimate of drug-likeness (QED) is 0.822. The second-order valence-corrected chi connectivity index (χ2v) is 5.06. The molecule has 0 bridgehead atoms. The minimum atomic E-state index is -0.258. The van der Waals surface area contributed by atoms with Gasteiger partial charge in [-0.05, 0) is 37.7 Å². The molecular formula is C16H22FN3O. The Balaban J connectivity index is 2.12. The van der Waals surface area contributed by atoms with Crippen LogP contribution >= 0.6 is 0 Å². The second-order valence-electron chi connectivity index (χ2n) is 5.06. The summed E-state index contributed by atoms with van der Waals surface area (Å²) >= 11 is 0. The maximum Gasteiger partial charge on any atom is 0.124 e. The summed E-state index contributed by atoms with van der Waals surface area (Å²) in [4.78, 5) is 6.57. The van der Waals surface area contributed by atoms with E-state index in [4.69, 9.17) is 5.11 Å². The molecule has 0 spiro atoms. The van der Waals surface area contributed by atoms with Crippen molar-refractivity contribution in [2.75, 3.05) is 38.1 Å². The van der Waals surface area contributed by atoms with Gasteiger partial charge in [0, 0.05) is 36.4 Å². The smallest absolute Gasteiger partial charge is 0.124 e. The first kappa shape index (κ1) is 15.7. The number of rotatable bonds is 7. The van der Waals surface area contributed by atoms with E-state index in [0.717, 1.165) is 41.9 Å². The molecule has 0 unspecified atom stereocenters. The predicted octanol–water partition coefficient (Wildman–Crippen LogP) is 2.41. The zero-order valence-corrected chi connectivity index (χ0v) is 12.6. The van der Waals surface area contributed by atoms with E-state index in [-0.39, 0.29) is 12.4 Å². The van der Waals surface area contributed by atoms with Crippen molar-refractivity contribution in [2.45, 2.75) is 13.8 Å². The summed E-state index contributed by atoms with van der Waals surface area (Å²) < 4.78 is 13.4. The maximum absolute atomic E-state index is 13.4. The number of aryl methyl sites for hydroxylation is 1. The summed E-state index contributed by atoms with van der Waals surface area (Å²) in [5, 5.41) is 13.1. The molecule has 0 aliphatic heterocycles. The van der Waals surface area contributed by atoms with Crippen LogP contribution in [0.1, 0.15) is 12.6 Å². The SMILES string of the molecule is CCN(CCO)CCNc1cc(C)nc2ccc(F)cc12. The molecule has 0 radical (unpaired) electrons. The largest absolute Gasteiger partial charge is 0.395 e. The molecule has 0 aliphatic carbocycles. The van der Waals surface area contributed by atoms with Gasteiger partial charge in [-0.1, -0.05) is 6.92 Å². The summed E-state index contributed by atoms with van der Waals surface area (Å²) in [7, 11) is 0. The lowest BCUT2D eigenvalue weighted by atomic mass is 10.1. The van der Waals surface area contributed by atoms with Gasteiger partial charge >= 0.3 is 0 Å². The van der Waals surface area contributed by atoms with Crippen molar-refractivity contribution in [3.05, 3.63) is 35.8 Å². The number of aliphatic hydroxyl groups excluding tert-OH is 1. The molecule has 2 aromatic rings. The average molecular weight is 291 g/mol. The number of aliphatic hydroxyl groups is 1. The Kier molecular flexibility index (Phi) is 5.47. The zero-order valence-electron chi connectivity index (χ0n) is 12.6. The van der Waals surface area contributed by atoms with Crippen LogP contribution in [-0.4, -0.2) is 47.8 Å². The van der Waals surface area contributed by atoms with Crippen LogP contribution < -0.4 is 5.32 Å². The van der Waals surface area contributed by atoms with Crippen molar-refractivity contribution in [3.8, 4) is 0 Å². The molecule has 0 saturated carbocycles. The number of likely N-dealkylation sites (N-methyl/N-ethyl adjacent to an activating group) is 1. The molecular weight excluding hydrogens is 269 g/mol. The molecule has 4 nitrogen and oxygen atoms in total. The number of anilines is 1. The molecule has 0 fully saturated rings. The Labute approximate surface area is 124 Å². The number of fused-ring (bicyclic) bond motifs is 1. The van der Waals surface area contributed by atoms with Gasteiger partial charge in [0.15, 0.2) is 0 Å². The van der Waals surface area contributed by atoms with Crippen LogP contribution in [0.4, 0.5) is 10.1 Å². The summed E-state index contributed by atoms with van der Waals surface area (Å²) in [6.07, 6.45) is 0. The van der Waals surface area contributed by atoms with E-state index < -0.39 is 0 Å². The minimum absolute atomic E-state index is 0.163. The van der Waals surface area contributed by atoms with Crippen LogP contribution in [-0.2, 0) is 0 Å². The van der Waals surface area contributed by atoms with Gasteiger partial charge in [0.25, 0.3) is 0 Å². The fourth-order valence-electron chi connectivity index (χ4n) is 2.39. The number of pyridine rings is 1. The molecule has 21 heavy (non-hydrogen) atoms. The lowest BCUT2D eigenvalue weighted by Crippen LogP contribution is -2.31. The summed E-state index contributed by atoms with van der Waals surface area (Å²) in [6.45, 7) is 7.29. The standard InChI is InChI=1S/C16H22FN3O/c1-3-20(8-9-21)7-6-18-16-10-12(2)19-15-5-4-13(17)11-14(15)16/h4-5,10-11,21H,3,6-9H2,1-2H3,(H,18,19). The summed E-state index contributed by atoms with van der Waals surface area (Å²) in [5.74, 6) is -0.258. The maximum atomic E-state index is 13.4. The van der Waals surface area contributed by atoms with Gasteiger partial charge in [-0.3, -0.25) is 9.88 Å². The van der Waals surface area contributed by atoms with E-state index in [9.17, 15) is 4.39 Å². The van der Waals surface area contributed by atoms with E-state index in [1.54, 1.807) is 6.07 Å².